The number of aryl methyl sites for hydroxylation is 1. The molecule has 1 heterocycles. The molecule has 2 amide bonds. The number of benzene rings is 2. The third-order valence-corrected chi connectivity index (χ3v) is 5.57. The number of unbranched alkanes of at least 4 members (excludes halogenated alkanes) is 1. The molecule has 1 aliphatic heterocycles. The quantitative estimate of drug-likeness (QED) is 0.707. The number of halogens is 2. The molecule has 1 N–H and O–H groups in total. The summed E-state index contributed by atoms with van der Waals surface area (Å²) in [5, 5.41) is 3.63. The van der Waals surface area contributed by atoms with Crippen molar-refractivity contribution in [2.24, 2.45) is 5.92 Å². The number of rotatable bonds is 6. The van der Waals surface area contributed by atoms with Gasteiger partial charge in [-0.25, -0.2) is 0 Å². The van der Waals surface area contributed by atoms with Crippen molar-refractivity contribution in [3.63, 3.8) is 0 Å². The molecule has 0 unspecified atom stereocenters. The zero-order valence-corrected chi connectivity index (χ0v) is 16.7. The first-order chi connectivity index (χ1) is 13.0. The van der Waals surface area contributed by atoms with E-state index in [1.165, 1.54) is 10.5 Å². The summed E-state index contributed by atoms with van der Waals surface area (Å²) >= 11 is 12.3. The van der Waals surface area contributed by atoms with Gasteiger partial charge in [-0.3, -0.25) is 9.59 Å². The van der Waals surface area contributed by atoms with Crippen molar-refractivity contribution in [2.75, 3.05) is 16.8 Å². The van der Waals surface area contributed by atoms with Crippen molar-refractivity contribution < 1.29 is 9.59 Å². The SMILES string of the molecule is CCCCc1ccc(NC(=O)[C@@H]2CC(=O)N(c3cccc(Cl)c3Cl)C2)cc1. The topological polar surface area (TPSA) is 49.4 Å². The molecule has 0 spiro atoms. The number of nitrogens with one attached hydrogen (secondary N) is 1. The molecule has 1 atom stereocenters. The fourth-order valence-electron chi connectivity index (χ4n) is 3.20. The van der Waals surface area contributed by atoms with Crippen molar-refractivity contribution >= 4 is 46.4 Å². The lowest BCUT2D eigenvalue weighted by Crippen LogP contribution is -2.28. The Labute approximate surface area is 169 Å². The van der Waals surface area contributed by atoms with E-state index in [0.29, 0.717) is 22.3 Å². The molecule has 2 aromatic carbocycles. The minimum atomic E-state index is -0.424. The van der Waals surface area contributed by atoms with Gasteiger partial charge >= 0.3 is 0 Å². The first-order valence-corrected chi connectivity index (χ1v) is 9.89. The van der Waals surface area contributed by atoms with Crippen LogP contribution in [0.4, 0.5) is 11.4 Å². The molecule has 1 aliphatic rings. The molecular weight excluding hydrogens is 383 g/mol. The van der Waals surface area contributed by atoms with E-state index in [4.69, 9.17) is 23.2 Å². The van der Waals surface area contributed by atoms with E-state index < -0.39 is 5.92 Å². The molecule has 4 nitrogen and oxygen atoms in total. The molecule has 0 aliphatic carbocycles. The standard InChI is InChI=1S/C21H22Cl2N2O2/c1-2-3-5-14-8-10-16(11-9-14)24-21(27)15-12-19(26)25(13-15)18-7-4-6-17(22)20(18)23/h4,6-11,15H,2-3,5,12-13H2,1H3,(H,24,27)/t15-/m1/s1. The van der Waals surface area contributed by atoms with Gasteiger partial charge in [0.1, 0.15) is 0 Å². The fraction of sp³-hybridized carbons (Fsp3) is 0.333. The van der Waals surface area contributed by atoms with Crippen molar-refractivity contribution in [3.05, 3.63) is 58.1 Å². The van der Waals surface area contributed by atoms with Crippen LogP contribution in [0.3, 0.4) is 0 Å². The molecule has 0 saturated carbocycles. The number of nitrogens with zero attached hydrogens (tertiary/aromatic N) is 1. The number of carbonyl (C=O) groups is 2. The highest BCUT2D eigenvalue weighted by Gasteiger charge is 2.36. The summed E-state index contributed by atoms with van der Waals surface area (Å²) in [6.07, 6.45) is 3.50. The maximum Gasteiger partial charge on any atom is 0.229 e. The second-order valence-corrected chi connectivity index (χ2v) is 7.55. The van der Waals surface area contributed by atoms with E-state index in [1.54, 1.807) is 18.2 Å². The third kappa shape index (κ3) is 4.63. The van der Waals surface area contributed by atoms with Gasteiger partial charge < -0.3 is 10.2 Å². The predicted molar refractivity (Wildman–Crippen MR) is 111 cm³/mol. The summed E-state index contributed by atoms with van der Waals surface area (Å²) in [6.45, 7) is 2.46. The molecule has 1 saturated heterocycles. The van der Waals surface area contributed by atoms with Gasteiger partial charge in [-0.05, 0) is 42.7 Å². The van der Waals surface area contributed by atoms with E-state index in [9.17, 15) is 9.59 Å². The van der Waals surface area contributed by atoms with Crippen LogP contribution >= 0.6 is 23.2 Å². The van der Waals surface area contributed by atoms with Crippen molar-refractivity contribution in [2.45, 2.75) is 32.6 Å². The largest absolute Gasteiger partial charge is 0.326 e. The van der Waals surface area contributed by atoms with E-state index in [0.717, 1.165) is 24.9 Å². The normalized spacial score (nSPS) is 16.6. The van der Waals surface area contributed by atoms with Crippen LogP contribution in [0.1, 0.15) is 31.7 Å². The lowest BCUT2D eigenvalue weighted by molar-refractivity contribution is -0.122. The Morgan fingerprint density at radius 2 is 1.93 bits per heavy atom. The number of hydrogen-bond donors (Lipinski definition) is 1. The molecule has 1 fully saturated rings. The summed E-state index contributed by atoms with van der Waals surface area (Å²) < 4.78 is 0. The van der Waals surface area contributed by atoms with E-state index in [-0.39, 0.29) is 18.2 Å². The predicted octanol–water partition coefficient (Wildman–Crippen LogP) is 5.33. The fourth-order valence-corrected chi connectivity index (χ4v) is 3.59. The van der Waals surface area contributed by atoms with Gasteiger partial charge in [0, 0.05) is 18.7 Å². The Hall–Kier alpha value is -2.04. The molecule has 0 bridgehead atoms. The highest BCUT2D eigenvalue weighted by atomic mass is 35.5. The van der Waals surface area contributed by atoms with Crippen LogP contribution in [-0.4, -0.2) is 18.4 Å². The Morgan fingerprint density at radius 1 is 1.19 bits per heavy atom. The maximum atomic E-state index is 12.6. The zero-order chi connectivity index (χ0) is 19.4. The number of amides is 2. The van der Waals surface area contributed by atoms with Crippen LogP contribution in [0.5, 0.6) is 0 Å². The van der Waals surface area contributed by atoms with Crippen LogP contribution in [0.2, 0.25) is 10.0 Å². The molecule has 3 rings (SSSR count). The first kappa shape index (κ1) is 19.7. The van der Waals surface area contributed by atoms with E-state index >= 15 is 0 Å². The van der Waals surface area contributed by atoms with Gasteiger partial charge in [0.15, 0.2) is 0 Å². The molecule has 6 heteroatoms. The number of carbonyl (C=O) groups excluding carboxylic acids is 2. The van der Waals surface area contributed by atoms with Gasteiger partial charge in [0.25, 0.3) is 0 Å². The third-order valence-electron chi connectivity index (χ3n) is 4.76. The van der Waals surface area contributed by atoms with Crippen molar-refractivity contribution in [1.82, 2.24) is 0 Å². The first-order valence-electron chi connectivity index (χ1n) is 9.13. The molecule has 27 heavy (non-hydrogen) atoms. The molecule has 2 aromatic rings. The Morgan fingerprint density at radius 3 is 2.63 bits per heavy atom. The number of anilines is 2. The second kappa shape index (κ2) is 8.77. The Bertz CT molecular complexity index is 837. The average molecular weight is 405 g/mol. The summed E-state index contributed by atoms with van der Waals surface area (Å²) in [5.74, 6) is -0.716. The summed E-state index contributed by atoms with van der Waals surface area (Å²) in [5.41, 5.74) is 2.55. The maximum absolute atomic E-state index is 12.6. The minimum absolute atomic E-state index is 0.130. The summed E-state index contributed by atoms with van der Waals surface area (Å²) in [7, 11) is 0. The van der Waals surface area contributed by atoms with Crippen LogP contribution in [-0.2, 0) is 16.0 Å². The van der Waals surface area contributed by atoms with Gasteiger partial charge in [0.05, 0.1) is 21.7 Å². The van der Waals surface area contributed by atoms with Crippen LogP contribution in [0, 0.1) is 5.92 Å². The van der Waals surface area contributed by atoms with Crippen molar-refractivity contribution in [1.29, 1.82) is 0 Å². The smallest absolute Gasteiger partial charge is 0.229 e. The van der Waals surface area contributed by atoms with Gasteiger partial charge in [0.2, 0.25) is 11.8 Å². The van der Waals surface area contributed by atoms with Gasteiger partial charge in [-0.15, -0.1) is 0 Å². The summed E-state index contributed by atoms with van der Waals surface area (Å²) in [6, 6.07) is 13.0. The van der Waals surface area contributed by atoms with Crippen LogP contribution in [0.25, 0.3) is 0 Å². The summed E-state index contributed by atoms with van der Waals surface area (Å²) in [4.78, 5) is 26.5. The van der Waals surface area contributed by atoms with Crippen molar-refractivity contribution in [3.8, 4) is 0 Å². The van der Waals surface area contributed by atoms with Gasteiger partial charge in [-0.1, -0.05) is 54.7 Å². The number of hydrogen-bond acceptors (Lipinski definition) is 2. The molecule has 0 radical (unpaired) electrons. The lowest BCUT2D eigenvalue weighted by Gasteiger charge is -2.18. The molecule has 0 aromatic heterocycles. The van der Waals surface area contributed by atoms with Crippen LogP contribution in [0.15, 0.2) is 42.5 Å². The minimum Gasteiger partial charge on any atom is -0.326 e. The lowest BCUT2D eigenvalue weighted by atomic mass is 10.1. The van der Waals surface area contributed by atoms with Gasteiger partial charge in [-0.2, -0.15) is 0 Å². The highest BCUT2D eigenvalue weighted by molar-refractivity contribution is 6.44. The Kier molecular flexibility index (Phi) is 6.40. The van der Waals surface area contributed by atoms with E-state index in [1.807, 2.05) is 24.3 Å². The monoisotopic (exact) mass is 404 g/mol. The molecular formula is C21H22Cl2N2O2. The molecule has 142 valence electrons. The highest BCUT2D eigenvalue weighted by Crippen LogP contribution is 2.35. The zero-order valence-electron chi connectivity index (χ0n) is 15.2. The van der Waals surface area contributed by atoms with Crippen LogP contribution < -0.4 is 10.2 Å². The Balaban J connectivity index is 1.64. The van der Waals surface area contributed by atoms with E-state index in [2.05, 4.69) is 12.2 Å². The average Bonchev–Trinajstić information content (AvgIpc) is 3.05. The second-order valence-electron chi connectivity index (χ2n) is 6.77.